The molecular weight excluding hydrogens is 642 g/mol. The second-order valence-corrected chi connectivity index (χ2v) is 12.6. The first-order chi connectivity index (χ1) is 14.9. The number of rotatable bonds is 4. The van der Waals surface area contributed by atoms with E-state index < -0.39 is 22.5 Å². The van der Waals surface area contributed by atoms with Gasteiger partial charge in [-0.05, 0) is 96.6 Å². The Labute approximate surface area is 212 Å². The van der Waals surface area contributed by atoms with Gasteiger partial charge in [-0.15, -0.1) is 0 Å². The molecule has 0 amide bonds. The maximum atomic E-state index is 10.7. The van der Waals surface area contributed by atoms with E-state index in [4.69, 9.17) is 23.9 Å². The van der Waals surface area contributed by atoms with Gasteiger partial charge < -0.3 is 22.5 Å². The van der Waals surface area contributed by atoms with Gasteiger partial charge in [-0.1, -0.05) is 30.3 Å². The Bertz CT molecular complexity index is 947. The van der Waals surface area contributed by atoms with Gasteiger partial charge in [0.05, 0.1) is 0 Å². The van der Waals surface area contributed by atoms with Crippen LogP contribution in [-0.4, -0.2) is 16.2 Å². The quantitative estimate of drug-likeness (QED) is 0.253. The molecule has 0 saturated heterocycles. The Morgan fingerprint density at radius 3 is 1.88 bits per heavy atom. The third kappa shape index (κ3) is 6.20. The number of carboxylic acid groups (broad SMARTS) is 1. The van der Waals surface area contributed by atoms with Crippen molar-refractivity contribution in [1.29, 1.82) is 0 Å². The number of phenolic OH excluding ortho intramolecular Hbond substituents is 1. The fourth-order valence-corrected chi connectivity index (χ4v) is 6.54. The van der Waals surface area contributed by atoms with Gasteiger partial charge in [0.1, 0.15) is 5.75 Å². The van der Waals surface area contributed by atoms with E-state index in [9.17, 15) is 9.90 Å². The minimum atomic E-state index is -0.942. The molecule has 0 spiro atoms. The number of carbonyl (C=O) groups is 1. The first-order valence-electron chi connectivity index (χ1n) is 10.6. The zero-order valence-corrected chi connectivity index (χ0v) is 22.2. The number of benzene rings is 2. The molecule has 0 unspecified atom stereocenters. The number of aromatic hydroxyl groups is 1. The molecule has 33 heavy (non-hydrogen) atoms. The van der Waals surface area contributed by atoms with Gasteiger partial charge in [-0.2, -0.15) is 0 Å². The molecule has 0 aromatic heterocycles. The summed E-state index contributed by atoms with van der Waals surface area (Å²) in [6, 6.07) is 14.0. The van der Waals surface area contributed by atoms with E-state index in [-0.39, 0.29) is 17.7 Å². The van der Waals surface area contributed by atoms with E-state index in [0.29, 0.717) is 5.75 Å². The zero-order chi connectivity index (χ0) is 22.0. The van der Waals surface area contributed by atoms with Crippen molar-refractivity contribution in [3.63, 3.8) is 0 Å². The second-order valence-electron chi connectivity index (χ2n) is 9.27. The molecule has 8 N–H and O–H groups in total. The fraction of sp³-hybridized carbons (Fsp3) is 0.400. The van der Waals surface area contributed by atoms with E-state index in [1.165, 1.54) is 38.5 Å². The molecule has 2 aromatic carbocycles. The van der Waals surface area contributed by atoms with Crippen molar-refractivity contribution in [3.8, 4) is 16.9 Å². The Hall–Kier alpha value is -1.36. The van der Waals surface area contributed by atoms with E-state index in [2.05, 4.69) is 6.07 Å². The predicted octanol–water partition coefficient (Wildman–Crippen LogP) is 7.33. The van der Waals surface area contributed by atoms with E-state index in [1.807, 2.05) is 36.4 Å². The van der Waals surface area contributed by atoms with Crippen molar-refractivity contribution in [2.24, 2.45) is 17.8 Å². The van der Waals surface area contributed by atoms with Gasteiger partial charge in [0, 0.05) is 11.6 Å². The van der Waals surface area contributed by atoms with E-state index in [0.717, 1.165) is 46.1 Å². The molecule has 4 fully saturated rings. The van der Waals surface area contributed by atoms with Crippen LogP contribution in [0.2, 0.25) is 0 Å². The number of aliphatic carboxylic acids is 1. The molecule has 4 bridgehead atoms. The first-order valence-corrected chi connectivity index (χ1v) is 16.2. The van der Waals surface area contributed by atoms with Gasteiger partial charge in [-0.3, -0.25) is 0 Å². The number of phenols is 1. The van der Waals surface area contributed by atoms with Gasteiger partial charge in [0.2, 0.25) is 0 Å². The van der Waals surface area contributed by atoms with Crippen LogP contribution in [0.15, 0.2) is 48.5 Å². The van der Waals surface area contributed by atoms with Crippen LogP contribution < -0.4 is 12.3 Å². The Morgan fingerprint density at radius 2 is 1.39 bits per heavy atom. The summed E-state index contributed by atoms with van der Waals surface area (Å²) in [5.74, 6) is 2.04. The molecule has 5 nitrogen and oxygen atoms in total. The van der Waals surface area contributed by atoms with E-state index in [1.54, 1.807) is 6.08 Å². The SMILES string of the molecule is N.N.O=C(O)/C=C/c1ccc(-c2ccc(O)c(C34CC5CC(CC(C5)C3)C4)c2)cc1.[Cl][Pt][Cl]. The Balaban J connectivity index is 0.000000733. The van der Waals surface area contributed by atoms with Crippen LogP contribution in [0.1, 0.15) is 49.7 Å². The summed E-state index contributed by atoms with van der Waals surface area (Å²) in [5.41, 5.74) is 4.40. The Kier molecular flexibility index (Phi) is 10.0. The van der Waals surface area contributed by atoms with Gasteiger partial charge >= 0.3 is 41.3 Å². The second kappa shape index (κ2) is 11.9. The first kappa shape index (κ1) is 27.9. The molecular formula is C25H32Cl2N2O3Pt. The summed E-state index contributed by atoms with van der Waals surface area (Å²) < 4.78 is 0. The molecule has 4 aliphatic rings. The zero-order valence-electron chi connectivity index (χ0n) is 18.5. The van der Waals surface area contributed by atoms with Gasteiger partial charge in [0.25, 0.3) is 0 Å². The van der Waals surface area contributed by atoms with Crippen molar-refractivity contribution in [2.45, 2.75) is 43.9 Å². The van der Waals surface area contributed by atoms with Crippen LogP contribution >= 0.6 is 18.8 Å². The molecule has 184 valence electrons. The summed E-state index contributed by atoms with van der Waals surface area (Å²) in [6.07, 6.45) is 10.6. The third-order valence-corrected chi connectivity index (χ3v) is 7.27. The van der Waals surface area contributed by atoms with Crippen molar-refractivity contribution in [3.05, 3.63) is 59.7 Å². The summed E-state index contributed by atoms with van der Waals surface area (Å²) in [7, 11) is 9.75. The van der Waals surface area contributed by atoms with Crippen LogP contribution in [-0.2, 0) is 26.7 Å². The molecule has 2 aromatic rings. The molecule has 0 atom stereocenters. The molecule has 0 aliphatic heterocycles. The minimum absolute atomic E-state index is 0. The average molecular weight is 675 g/mol. The van der Waals surface area contributed by atoms with E-state index >= 15 is 0 Å². The fourth-order valence-electron chi connectivity index (χ4n) is 6.54. The van der Waals surface area contributed by atoms with Crippen molar-refractivity contribution < 1.29 is 31.5 Å². The predicted molar refractivity (Wildman–Crippen MR) is 132 cm³/mol. The van der Waals surface area contributed by atoms with Gasteiger partial charge in [0.15, 0.2) is 0 Å². The number of carboxylic acids is 1. The molecule has 0 heterocycles. The summed E-state index contributed by atoms with van der Waals surface area (Å²) in [5, 5.41) is 19.5. The van der Waals surface area contributed by atoms with Crippen molar-refractivity contribution in [2.75, 3.05) is 0 Å². The number of halogens is 2. The van der Waals surface area contributed by atoms with Crippen LogP contribution in [0.3, 0.4) is 0 Å². The normalized spacial score (nSPS) is 26.8. The molecule has 0 radical (unpaired) electrons. The molecule has 8 heteroatoms. The Morgan fingerprint density at radius 1 is 0.909 bits per heavy atom. The molecule has 4 saturated carbocycles. The standard InChI is InChI=1S/C25H26O3.2ClH.2H3N.Pt/c26-23-7-6-21(20-4-1-16(2-5-20)3-8-24(27)28)12-22(23)25-13-17-9-18(14-25)11-19(10-17)15-25;;;;;/h1-8,12,17-19,26H,9-11,13-15H2,(H,27,28);2*1H;2*1H3;/q;;;;;+2/p-2/b8-3+;;;;;. The summed E-state index contributed by atoms with van der Waals surface area (Å²) in [4.78, 5) is 10.7. The maximum absolute atomic E-state index is 10.7. The van der Waals surface area contributed by atoms with Crippen LogP contribution in [0.5, 0.6) is 5.75 Å². The van der Waals surface area contributed by atoms with Crippen LogP contribution in [0, 0.1) is 17.8 Å². The molecule has 4 aliphatic carbocycles. The topological polar surface area (TPSA) is 128 Å². The van der Waals surface area contributed by atoms with Crippen molar-refractivity contribution >= 4 is 30.9 Å². The van der Waals surface area contributed by atoms with Crippen molar-refractivity contribution in [1.82, 2.24) is 12.3 Å². The number of hydrogen-bond acceptors (Lipinski definition) is 4. The monoisotopic (exact) mass is 673 g/mol. The third-order valence-electron chi connectivity index (χ3n) is 7.27. The van der Waals surface area contributed by atoms with Gasteiger partial charge in [-0.25, -0.2) is 4.79 Å². The average Bonchev–Trinajstić information content (AvgIpc) is 2.72. The molecule has 6 rings (SSSR count). The summed E-state index contributed by atoms with van der Waals surface area (Å²) >= 11 is -0.472. The van der Waals surface area contributed by atoms with Crippen LogP contribution in [0.4, 0.5) is 0 Å². The van der Waals surface area contributed by atoms with Crippen LogP contribution in [0.25, 0.3) is 17.2 Å². The summed E-state index contributed by atoms with van der Waals surface area (Å²) in [6.45, 7) is 0. The number of hydrogen-bond donors (Lipinski definition) is 4.